The maximum atomic E-state index is 11.6. The first-order chi connectivity index (χ1) is 17.6. The van der Waals surface area contributed by atoms with E-state index in [0.717, 1.165) is 5.56 Å². The number of ether oxygens (including phenoxy) is 1. The van der Waals surface area contributed by atoms with Crippen LogP contribution in [0.2, 0.25) is 0 Å². The number of aliphatic hydroxyl groups excluding tert-OH is 2. The standard InChI is InChI=1S/C17H22N5O12P3S/c18-15-12-16(21-11(20-15)6-9-4-2-1-3-5-9)22(8-19-12)17-14(24)13(23)10(32-17)7-31-37(30,38)34-36(28,29)33-35(25,26)27/h1-5,8,10,13-14,17,23-24H,6-7H2,(H,28,29)(H,30,38)(H2,18,20,21)(H2,25,26,27)/t10-,13-,14-,17-,37?/m1/s1. The highest BCUT2D eigenvalue weighted by Crippen LogP contribution is 2.66. The van der Waals surface area contributed by atoms with E-state index < -0.39 is 53.5 Å². The summed E-state index contributed by atoms with van der Waals surface area (Å²) < 4.78 is 42.0. The predicted molar refractivity (Wildman–Crippen MR) is 131 cm³/mol. The van der Waals surface area contributed by atoms with Crippen molar-refractivity contribution in [3.63, 3.8) is 0 Å². The van der Waals surface area contributed by atoms with E-state index in [4.69, 9.17) is 24.8 Å². The highest BCUT2D eigenvalue weighted by molar-refractivity contribution is 8.08. The molecule has 1 aliphatic rings. The fourth-order valence-corrected chi connectivity index (χ4v) is 7.57. The first-order valence-corrected chi connectivity index (χ1v) is 16.1. The van der Waals surface area contributed by atoms with Gasteiger partial charge in [-0.15, -0.1) is 0 Å². The molecule has 0 bridgehead atoms. The third-order valence-electron chi connectivity index (χ3n) is 5.13. The highest BCUT2D eigenvalue weighted by Gasteiger charge is 2.46. The molecule has 8 N–H and O–H groups in total. The minimum Gasteiger partial charge on any atom is -0.387 e. The van der Waals surface area contributed by atoms with Crippen molar-refractivity contribution in [3.8, 4) is 0 Å². The summed E-state index contributed by atoms with van der Waals surface area (Å²) in [4.78, 5) is 49.5. The first kappa shape index (κ1) is 29.3. The number of rotatable bonds is 10. The van der Waals surface area contributed by atoms with E-state index in [0.29, 0.717) is 12.2 Å². The van der Waals surface area contributed by atoms with Crippen LogP contribution in [0, 0.1) is 0 Å². The van der Waals surface area contributed by atoms with Gasteiger partial charge in [0.15, 0.2) is 17.7 Å². The molecule has 3 heterocycles. The molecule has 1 aliphatic heterocycles. The smallest absolute Gasteiger partial charge is 0.387 e. The first-order valence-electron chi connectivity index (χ1n) is 10.5. The normalized spacial score (nSPS) is 25.3. The van der Waals surface area contributed by atoms with Gasteiger partial charge in [-0.25, -0.2) is 28.4 Å². The van der Waals surface area contributed by atoms with Gasteiger partial charge in [-0.3, -0.25) is 4.57 Å². The van der Waals surface area contributed by atoms with E-state index in [1.807, 2.05) is 30.3 Å². The molecule has 3 aromatic rings. The summed E-state index contributed by atoms with van der Waals surface area (Å²) in [5.74, 6) is 0.441. The van der Waals surface area contributed by atoms with Gasteiger partial charge in [0, 0.05) is 6.42 Å². The van der Waals surface area contributed by atoms with Gasteiger partial charge in [-0.1, -0.05) is 30.3 Å². The molecule has 2 unspecified atom stereocenters. The Morgan fingerprint density at radius 1 is 1.05 bits per heavy atom. The number of nitrogen functional groups attached to an aromatic ring is 1. The second-order valence-electron chi connectivity index (χ2n) is 7.94. The van der Waals surface area contributed by atoms with Gasteiger partial charge < -0.3 is 44.8 Å². The number of aliphatic hydroxyl groups is 2. The summed E-state index contributed by atoms with van der Waals surface area (Å²) in [6.45, 7) is -5.40. The lowest BCUT2D eigenvalue weighted by Gasteiger charge is -2.21. The molecule has 1 fully saturated rings. The molecule has 2 aromatic heterocycles. The zero-order chi connectivity index (χ0) is 27.9. The van der Waals surface area contributed by atoms with Crippen LogP contribution >= 0.6 is 22.4 Å². The number of hydrogen-bond acceptors (Lipinski definition) is 13. The van der Waals surface area contributed by atoms with Crippen molar-refractivity contribution in [1.82, 2.24) is 19.5 Å². The molecule has 21 heteroatoms. The lowest BCUT2D eigenvalue weighted by Crippen LogP contribution is -2.33. The predicted octanol–water partition coefficient (Wildman–Crippen LogP) is 0.0782. The van der Waals surface area contributed by atoms with Gasteiger partial charge in [0.2, 0.25) is 0 Å². The molecule has 6 atom stereocenters. The van der Waals surface area contributed by atoms with Gasteiger partial charge >= 0.3 is 22.4 Å². The molecular formula is C17H22N5O12P3S. The minimum absolute atomic E-state index is 0.0803. The SMILES string of the molecule is Nc1nc(Cc2ccccc2)nc2c1ncn2[C@@H]1O[C@H](COP(O)(=S)OP(=O)(O)OP(=O)(O)O)[C@@H](O)[C@H]1O. The summed E-state index contributed by atoms with van der Waals surface area (Å²) in [5.41, 5.74) is 7.38. The van der Waals surface area contributed by atoms with Crippen LogP contribution in [0.25, 0.3) is 11.2 Å². The van der Waals surface area contributed by atoms with Crippen LogP contribution in [0.3, 0.4) is 0 Å². The summed E-state index contributed by atoms with van der Waals surface area (Å²) in [6, 6.07) is 9.34. The Kier molecular flexibility index (Phi) is 8.50. The van der Waals surface area contributed by atoms with Crippen molar-refractivity contribution in [1.29, 1.82) is 0 Å². The third kappa shape index (κ3) is 7.07. The molecule has 0 amide bonds. The Hall–Kier alpha value is -1.72. The Morgan fingerprint density at radius 3 is 2.39 bits per heavy atom. The van der Waals surface area contributed by atoms with Crippen molar-refractivity contribution in [2.24, 2.45) is 0 Å². The topological polar surface area (TPSA) is 262 Å². The molecule has 1 aromatic carbocycles. The number of aromatic nitrogens is 4. The fourth-order valence-electron chi connectivity index (χ4n) is 3.60. The molecule has 0 spiro atoms. The molecule has 0 radical (unpaired) electrons. The maximum absolute atomic E-state index is 11.6. The third-order valence-corrected chi connectivity index (χ3v) is 9.85. The zero-order valence-corrected chi connectivity index (χ0v) is 22.4. The minimum atomic E-state index is -5.52. The van der Waals surface area contributed by atoms with Crippen LogP contribution in [0.4, 0.5) is 5.82 Å². The number of nitrogens with zero attached hydrogens (tertiary/aromatic N) is 4. The number of imidazole rings is 1. The monoisotopic (exact) mass is 613 g/mol. The van der Waals surface area contributed by atoms with Gasteiger partial charge in [0.25, 0.3) is 0 Å². The van der Waals surface area contributed by atoms with Crippen molar-refractivity contribution < 1.29 is 56.8 Å². The van der Waals surface area contributed by atoms with Gasteiger partial charge in [0.05, 0.1) is 12.9 Å². The lowest BCUT2D eigenvalue weighted by molar-refractivity contribution is -0.0486. The van der Waals surface area contributed by atoms with Crippen LogP contribution in [0.1, 0.15) is 17.6 Å². The largest absolute Gasteiger partial charge is 0.488 e. The molecule has 1 saturated heterocycles. The van der Waals surface area contributed by atoms with E-state index in [1.54, 1.807) is 0 Å². The Labute approximate surface area is 218 Å². The summed E-state index contributed by atoms with van der Waals surface area (Å²) in [7, 11) is -11.0. The summed E-state index contributed by atoms with van der Waals surface area (Å²) in [5, 5.41) is 21.1. The zero-order valence-electron chi connectivity index (χ0n) is 18.9. The molecule has 17 nitrogen and oxygen atoms in total. The van der Waals surface area contributed by atoms with Crippen LogP contribution in [0.5, 0.6) is 0 Å². The van der Waals surface area contributed by atoms with E-state index in [1.165, 1.54) is 10.9 Å². The number of anilines is 1. The summed E-state index contributed by atoms with van der Waals surface area (Å²) >= 11 is 4.55. The Balaban J connectivity index is 1.49. The number of hydrogen-bond donors (Lipinski definition) is 7. The van der Waals surface area contributed by atoms with E-state index >= 15 is 0 Å². The van der Waals surface area contributed by atoms with Crippen molar-refractivity contribution in [2.45, 2.75) is 31.0 Å². The molecular weight excluding hydrogens is 591 g/mol. The quantitative estimate of drug-likeness (QED) is 0.149. The average Bonchev–Trinajstić information content (AvgIpc) is 3.32. The molecule has 0 saturated carbocycles. The van der Waals surface area contributed by atoms with Crippen LogP contribution in [-0.4, -0.2) is 74.2 Å². The molecule has 0 aliphatic carbocycles. The van der Waals surface area contributed by atoms with Crippen molar-refractivity contribution in [2.75, 3.05) is 12.3 Å². The van der Waals surface area contributed by atoms with Gasteiger partial charge in [-0.05, 0) is 17.4 Å². The van der Waals surface area contributed by atoms with Gasteiger partial charge in [-0.2, -0.15) is 4.31 Å². The van der Waals surface area contributed by atoms with Crippen LogP contribution in [0.15, 0.2) is 36.7 Å². The average molecular weight is 613 g/mol. The molecule has 208 valence electrons. The second-order valence-corrected chi connectivity index (χ2v) is 13.7. The fraction of sp³-hybridized carbons (Fsp3) is 0.353. The second kappa shape index (κ2) is 11.0. The van der Waals surface area contributed by atoms with Crippen molar-refractivity contribution >= 4 is 51.2 Å². The Bertz CT molecular complexity index is 1460. The van der Waals surface area contributed by atoms with Crippen LogP contribution < -0.4 is 5.73 Å². The highest BCUT2D eigenvalue weighted by atomic mass is 32.5. The maximum Gasteiger partial charge on any atom is 0.488 e. The van der Waals surface area contributed by atoms with Gasteiger partial charge in [0.1, 0.15) is 29.7 Å². The molecule has 38 heavy (non-hydrogen) atoms. The van der Waals surface area contributed by atoms with E-state index in [9.17, 15) is 29.1 Å². The summed E-state index contributed by atoms with van der Waals surface area (Å²) in [6.07, 6.45) is -4.17. The Morgan fingerprint density at radius 2 is 1.74 bits per heavy atom. The number of fused-ring (bicyclic) bond motifs is 1. The lowest BCUT2D eigenvalue weighted by atomic mass is 10.1. The molecule has 4 rings (SSSR count). The van der Waals surface area contributed by atoms with Crippen molar-refractivity contribution in [3.05, 3.63) is 48.0 Å². The number of benzene rings is 1. The number of phosphoric acid groups is 2. The number of nitrogens with two attached hydrogens (primary N) is 1. The van der Waals surface area contributed by atoms with Crippen LogP contribution in [-0.2, 0) is 45.2 Å². The van der Waals surface area contributed by atoms with E-state index in [-0.39, 0.29) is 17.0 Å². The van der Waals surface area contributed by atoms with E-state index in [2.05, 4.69) is 35.4 Å².